The fourth-order valence-corrected chi connectivity index (χ4v) is 2.11. The second kappa shape index (κ2) is 7.29. The first-order valence-electron chi connectivity index (χ1n) is 7.22. The summed E-state index contributed by atoms with van der Waals surface area (Å²) in [6.45, 7) is 8.07. The molecule has 0 aromatic heterocycles. The van der Waals surface area contributed by atoms with Crippen molar-refractivity contribution in [1.82, 2.24) is 5.32 Å². The van der Waals surface area contributed by atoms with Gasteiger partial charge in [0.2, 0.25) is 0 Å². The van der Waals surface area contributed by atoms with Gasteiger partial charge in [-0.15, -0.1) is 0 Å². The van der Waals surface area contributed by atoms with Crippen molar-refractivity contribution in [1.29, 1.82) is 0 Å². The molecule has 0 heterocycles. The quantitative estimate of drug-likeness (QED) is 0.718. The average molecular weight is 278 g/mol. The number of aliphatic hydroxyl groups is 1. The highest BCUT2D eigenvalue weighted by Crippen LogP contribution is 2.17. The highest BCUT2D eigenvalue weighted by Gasteiger charge is 2.21. The van der Waals surface area contributed by atoms with E-state index in [1.54, 1.807) is 13.0 Å². The molecule has 0 saturated carbocycles. The highest BCUT2D eigenvalue weighted by molar-refractivity contribution is 5.99. The molecule has 1 aromatic carbocycles. The summed E-state index contributed by atoms with van der Waals surface area (Å²) in [7, 11) is 0. The molecule has 0 fully saturated rings. The summed E-state index contributed by atoms with van der Waals surface area (Å²) in [6.07, 6.45) is 1.55. The van der Waals surface area contributed by atoms with Crippen molar-refractivity contribution in [2.24, 2.45) is 0 Å². The molecule has 0 aliphatic carbocycles. The Hall–Kier alpha value is -1.55. The molecule has 0 aliphatic rings. The number of anilines is 1. The Morgan fingerprint density at radius 3 is 2.60 bits per heavy atom. The maximum atomic E-state index is 12.2. The van der Waals surface area contributed by atoms with E-state index < -0.39 is 5.60 Å². The van der Waals surface area contributed by atoms with Gasteiger partial charge in [0.15, 0.2) is 0 Å². The Morgan fingerprint density at radius 2 is 2.00 bits per heavy atom. The molecule has 1 rings (SSSR count). The predicted molar refractivity (Wildman–Crippen MR) is 83.1 cm³/mol. The molecule has 0 spiro atoms. The van der Waals surface area contributed by atoms with Gasteiger partial charge in [-0.05, 0) is 39.3 Å². The molecule has 112 valence electrons. The van der Waals surface area contributed by atoms with Crippen LogP contribution in [0.2, 0.25) is 0 Å². The lowest BCUT2D eigenvalue weighted by atomic mass is 10.0. The summed E-state index contributed by atoms with van der Waals surface area (Å²) in [5.41, 5.74) is 0.564. The van der Waals surface area contributed by atoms with Crippen LogP contribution in [-0.2, 0) is 0 Å². The summed E-state index contributed by atoms with van der Waals surface area (Å²) < 4.78 is 0. The molecule has 1 unspecified atom stereocenters. The molecule has 0 radical (unpaired) electrons. The lowest BCUT2D eigenvalue weighted by Gasteiger charge is -2.23. The van der Waals surface area contributed by atoms with E-state index in [2.05, 4.69) is 10.6 Å². The monoisotopic (exact) mass is 278 g/mol. The normalized spacial score (nSPS) is 13.9. The van der Waals surface area contributed by atoms with E-state index in [1.165, 1.54) is 0 Å². The molecule has 0 aliphatic heterocycles. The summed E-state index contributed by atoms with van der Waals surface area (Å²) in [5, 5.41) is 16.2. The minimum Gasteiger partial charge on any atom is -0.388 e. The van der Waals surface area contributed by atoms with Crippen LogP contribution in [0, 0.1) is 0 Å². The zero-order valence-electron chi connectivity index (χ0n) is 12.9. The molecule has 0 saturated heterocycles. The summed E-state index contributed by atoms with van der Waals surface area (Å²) in [5.74, 6) is -0.162. The largest absolute Gasteiger partial charge is 0.388 e. The average Bonchev–Trinajstić information content (AvgIpc) is 2.36. The van der Waals surface area contributed by atoms with Crippen LogP contribution in [0.25, 0.3) is 0 Å². The number of nitrogens with one attached hydrogen (secondary N) is 2. The van der Waals surface area contributed by atoms with Gasteiger partial charge < -0.3 is 15.7 Å². The molecule has 20 heavy (non-hydrogen) atoms. The Kier molecular flexibility index (Phi) is 6.02. The fourth-order valence-electron chi connectivity index (χ4n) is 2.11. The Labute approximate surface area is 121 Å². The number of hydrogen-bond donors (Lipinski definition) is 3. The van der Waals surface area contributed by atoms with Gasteiger partial charge in [0.25, 0.3) is 5.91 Å². The summed E-state index contributed by atoms with van der Waals surface area (Å²) in [6, 6.07) is 7.67. The number of carbonyl (C=O) groups is 1. The second-order valence-corrected chi connectivity index (χ2v) is 5.77. The molecular formula is C16H26N2O2. The van der Waals surface area contributed by atoms with Crippen LogP contribution in [0.15, 0.2) is 24.3 Å². The van der Waals surface area contributed by atoms with E-state index in [9.17, 15) is 9.90 Å². The van der Waals surface area contributed by atoms with E-state index in [1.807, 2.05) is 39.0 Å². The first kappa shape index (κ1) is 16.5. The number of rotatable bonds is 7. The fraction of sp³-hybridized carbons (Fsp3) is 0.562. The predicted octanol–water partition coefficient (Wildman–Crippen LogP) is 2.79. The van der Waals surface area contributed by atoms with Crippen LogP contribution in [0.3, 0.4) is 0 Å². The van der Waals surface area contributed by atoms with Crippen molar-refractivity contribution in [2.75, 3.05) is 11.9 Å². The van der Waals surface area contributed by atoms with E-state index in [0.29, 0.717) is 12.0 Å². The van der Waals surface area contributed by atoms with Crippen LogP contribution >= 0.6 is 0 Å². The third-order valence-electron chi connectivity index (χ3n) is 3.03. The van der Waals surface area contributed by atoms with Gasteiger partial charge >= 0.3 is 0 Å². The van der Waals surface area contributed by atoms with Gasteiger partial charge in [0.1, 0.15) is 0 Å². The molecule has 1 atom stereocenters. The molecule has 0 bridgehead atoms. The van der Waals surface area contributed by atoms with Crippen molar-refractivity contribution in [3.05, 3.63) is 29.8 Å². The first-order chi connectivity index (χ1) is 9.35. The number of para-hydroxylation sites is 1. The van der Waals surface area contributed by atoms with Gasteiger partial charge in [0.05, 0.1) is 11.2 Å². The number of carbonyl (C=O) groups excluding carboxylic acids is 1. The van der Waals surface area contributed by atoms with E-state index in [-0.39, 0.29) is 18.5 Å². The Morgan fingerprint density at radius 1 is 1.35 bits per heavy atom. The standard InChI is InChI=1S/C16H26N2O2/c1-5-10-16(4,20)11-17-15(19)13-8-6-7-9-14(13)18-12(2)3/h6-9,12,18,20H,5,10-11H2,1-4H3,(H,17,19). The molecule has 3 N–H and O–H groups in total. The van der Waals surface area contributed by atoms with Gasteiger partial charge in [-0.2, -0.15) is 0 Å². The lowest BCUT2D eigenvalue weighted by molar-refractivity contribution is 0.0470. The van der Waals surface area contributed by atoms with Crippen LogP contribution < -0.4 is 10.6 Å². The van der Waals surface area contributed by atoms with Crippen LogP contribution in [0.4, 0.5) is 5.69 Å². The van der Waals surface area contributed by atoms with E-state index in [4.69, 9.17) is 0 Å². The molecule has 1 amide bonds. The van der Waals surface area contributed by atoms with Crippen LogP contribution in [0.1, 0.15) is 50.9 Å². The maximum Gasteiger partial charge on any atom is 0.253 e. The summed E-state index contributed by atoms with van der Waals surface area (Å²) >= 11 is 0. The minimum atomic E-state index is -0.856. The molecule has 1 aromatic rings. The van der Waals surface area contributed by atoms with Crippen molar-refractivity contribution in [3.8, 4) is 0 Å². The first-order valence-corrected chi connectivity index (χ1v) is 7.22. The Bertz CT molecular complexity index is 442. The third kappa shape index (κ3) is 5.21. The van der Waals surface area contributed by atoms with Crippen molar-refractivity contribution < 1.29 is 9.90 Å². The third-order valence-corrected chi connectivity index (χ3v) is 3.03. The number of amides is 1. The van der Waals surface area contributed by atoms with Gasteiger partial charge in [-0.3, -0.25) is 4.79 Å². The highest BCUT2D eigenvalue weighted by atomic mass is 16.3. The van der Waals surface area contributed by atoms with Gasteiger partial charge in [-0.25, -0.2) is 0 Å². The topological polar surface area (TPSA) is 61.4 Å². The molecule has 4 heteroatoms. The van der Waals surface area contributed by atoms with Crippen LogP contribution in [-0.4, -0.2) is 29.2 Å². The van der Waals surface area contributed by atoms with E-state index >= 15 is 0 Å². The number of hydrogen-bond acceptors (Lipinski definition) is 3. The van der Waals surface area contributed by atoms with Crippen molar-refractivity contribution in [3.63, 3.8) is 0 Å². The Balaban J connectivity index is 2.73. The van der Waals surface area contributed by atoms with Gasteiger partial charge in [-0.1, -0.05) is 25.5 Å². The summed E-state index contributed by atoms with van der Waals surface area (Å²) in [4.78, 5) is 12.2. The molecular weight excluding hydrogens is 252 g/mol. The zero-order chi connectivity index (χ0) is 15.2. The zero-order valence-corrected chi connectivity index (χ0v) is 12.9. The van der Waals surface area contributed by atoms with Gasteiger partial charge in [0, 0.05) is 18.3 Å². The van der Waals surface area contributed by atoms with Crippen molar-refractivity contribution >= 4 is 11.6 Å². The SMILES string of the molecule is CCCC(C)(O)CNC(=O)c1ccccc1NC(C)C. The van der Waals surface area contributed by atoms with E-state index in [0.717, 1.165) is 12.1 Å². The van der Waals surface area contributed by atoms with Crippen molar-refractivity contribution in [2.45, 2.75) is 52.2 Å². The maximum absolute atomic E-state index is 12.2. The minimum absolute atomic E-state index is 0.162. The molecule has 4 nitrogen and oxygen atoms in total. The second-order valence-electron chi connectivity index (χ2n) is 5.77. The lowest BCUT2D eigenvalue weighted by Crippen LogP contribution is -2.40. The van der Waals surface area contributed by atoms with Crippen LogP contribution in [0.5, 0.6) is 0 Å². The number of benzene rings is 1. The smallest absolute Gasteiger partial charge is 0.253 e.